The van der Waals surface area contributed by atoms with E-state index < -0.39 is 0 Å². The number of halogens is 2. The van der Waals surface area contributed by atoms with Gasteiger partial charge in [0.2, 0.25) is 5.91 Å². The van der Waals surface area contributed by atoms with Gasteiger partial charge in [0.1, 0.15) is 0 Å². The molecule has 25 heavy (non-hydrogen) atoms. The second-order valence-electron chi connectivity index (χ2n) is 7.12. The Morgan fingerprint density at radius 2 is 1.64 bits per heavy atom. The molecule has 0 aliphatic rings. The third-order valence-corrected chi connectivity index (χ3v) is 5.15. The molecule has 0 aromatic heterocycles. The lowest BCUT2D eigenvalue weighted by atomic mass is 9.79. The van der Waals surface area contributed by atoms with Crippen molar-refractivity contribution in [2.75, 3.05) is 0 Å². The number of hydrogen-bond donors (Lipinski definition) is 1. The van der Waals surface area contributed by atoms with Crippen LogP contribution in [0.3, 0.4) is 0 Å². The Labute approximate surface area is 160 Å². The lowest BCUT2D eigenvalue weighted by Crippen LogP contribution is -2.37. The molecule has 2 rings (SSSR count). The largest absolute Gasteiger partial charge is 0.354 e. The molecule has 0 fully saturated rings. The van der Waals surface area contributed by atoms with Gasteiger partial charge < -0.3 is 5.32 Å². The fraction of sp³-hybridized carbons (Fsp3) is 0.381. The smallest absolute Gasteiger partial charge is 0.220 e. The van der Waals surface area contributed by atoms with E-state index >= 15 is 0 Å². The van der Waals surface area contributed by atoms with Crippen LogP contribution in [0.15, 0.2) is 48.5 Å². The van der Waals surface area contributed by atoms with Gasteiger partial charge in [-0.1, -0.05) is 73.4 Å². The van der Waals surface area contributed by atoms with Crippen LogP contribution in [0.4, 0.5) is 0 Å². The molecule has 2 aromatic carbocycles. The summed E-state index contributed by atoms with van der Waals surface area (Å²) in [5, 5.41) is 4.31. The normalized spacial score (nSPS) is 12.7. The minimum absolute atomic E-state index is 0.00000298. The average molecular weight is 378 g/mol. The molecule has 0 heterocycles. The van der Waals surface area contributed by atoms with Crippen molar-refractivity contribution in [1.29, 1.82) is 0 Å². The van der Waals surface area contributed by atoms with Crippen molar-refractivity contribution in [3.05, 3.63) is 69.7 Å². The first-order chi connectivity index (χ1) is 11.8. The average Bonchev–Trinajstić information content (AvgIpc) is 2.54. The fourth-order valence-corrected chi connectivity index (χ4v) is 3.77. The van der Waals surface area contributed by atoms with Gasteiger partial charge in [-0.05, 0) is 48.4 Å². The first-order valence-electron chi connectivity index (χ1n) is 8.57. The predicted molar refractivity (Wildman–Crippen MR) is 106 cm³/mol. The van der Waals surface area contributed by atoms with Crippen LogP contribution in [0.2, 0.25) is 10.0 Å². The summed E-state index contributed by atoms with van der Waals surface area (Å²) in [4.78, 5) is 12.3. The van der Waals surface area contributed by atoms with Gasteiger partial charge in [0, 0.05) is 22.5 Å². The van der Waals surface area contributed by atoms with Crippen molar-refractivity contribution >= 4 is 29.1 Å². The summed E-state index contributed by atoms with van der Waals surface area (Å²) in [6.45, 7) is 6.45. The van der Waals surface area contributed by atoms with Crippen molar-refractivity contribution in [3.8, 4) is 0 Å². The monoisotopic (exact) mass is 377 g/mol. The molecule has 4 heteroatoms. The number of rotatable bonds is 7. The minimum Gasteiger partial charge on any atom is -0.354 e. The Kier molecular flexibility index (Phi) is 6.92. The summed E-state index contributed by atoms with van der Waals surface area (Å²) >= 11 is 12.3. The summed E-state index contributed by atoms with van der Waals surface area (Å²) in [5.74, 6) is 0.0207. The van der Waals surface area contributed by atoms with Crippen molar-refractivity contribution in [2.45, 2.75) is 51.5 Å². The zero-order valence-electron chi connectivity index (χ0n) is 15.0. The lowest BCUT2D eigenvalue weighted by molar-refractivity contribution is -0.121. The first-order valence-corrected chi connectivity index (χ1v) is 9.33. The van der Waals surface area contributed by atoms with E-state index in [1.165, 1.54) is 5.56 Å². The van der Waals surface area contributed by atoms with E-state index in [4.69, 9.17) is 23.2 Å². The summed E-state index contributed by atoms with van der Waals surface area (Å²) in [7, 11) is 0. The molecule has 0 radical (unpaired) electrons. The SMILES string of the molecule is CC(CC(C)(C)c1ccccc1)NC(=O)CCc1c(Cl)cccc1Cl. The molecule has 2 nitrogen and oxygen atoms in total. The topological polar surface area (TPSA) is 29.1 Å². The molecule has 0 bridgehead atoms. The zero-order chi connectivity index (χ0) is 18.4. The van der Waals surface area contributed by atoms with E-state index in [0.717, 1.165) is 12.0 Å². The number of hydrogen-bond acceptors (Lipinski definition) is 1. The summed E-state index contributed by atoms with van der Waals surface area (Å²) < 4.78 is 0. The first kappa shape index (κ1) is 19.8. The maximum Gasteiger partial charge on any atom is 0.220 e. The van der Waals surface area contributed by atoms with E-state index in [1.54, 1.807) is 12.1 Å². The van der Waals surface area contributed by atoms with E-state index in [0.29, 0.717) is 22.9 Å². The standard InChI is InChI=1S/C21H25Cl2NO/c1-15(14-21(2,3)16-8-5-4-6-9-16)24-20(25)13-12-17-18(22)10-7-11-19(17)23/h4-11,15H,12-14H2,1-3H3,(H,24,25). The Morgan fingerprint density at radius 1 is 1.04 bits per heavy atom. The number of amides is 1. The summed E-state index contributed by atoms with van der Waals surface area (Å²) in [6, 6.07) is 15.9. The Bertz CT molecular complexity index is 693. The zero-order valence-corrected chi connectivity index (χ0v) is 16.5. The molecular weight excluding hydrogens is 353 g/mol. The van der Waals surface area contributed by atoms with Gasteiger partial charge in [0.15, 0.2) is 0 Å². The number of nitrogens with one attached hydrogen (secondary N) is 1. The van der Waals surface area contributed by atoms with Gasteiger partial charge in [-0.2, -0.15) is 0 Å². The molecule has 1 N–H and O–H groups in total. The molecule has 0 saturated carbocycles. The Balaban J connectivity index is 1.88. The third-order valence-electron chi connectivity index (χ3n) is 4.44. The second kappa shape index (κ2) is 8.73. The summed E-state index contributed by atoms with van der Waals surface area (Å²) in [6.07, 6.45) is 1.79. The molecule has 0 aliphatic heterocycles. The number of benzene rings is 2. The highest BCUT2D eigenvalue weighted by Crippen LogP contribution is 2.28. The van der Waals surface area contributed by atoms with Gasteiger partial charge in [-0.3, -0.25) is 4.79 Å². The van der Waals surface area contributed by atoms with Gasteiger partial charge in [0.05, 0.1) is 0 Å². The van der Waals surface area contributed by atoms with Crippen LogP contribution in [0.1, 0.15) is 44.7 Å². The highest BCUT2D eigenvalue weighted by atomic mass is 35.5. The lowest BCUT2D eigenvalue weighted by Gasteiger charge is -2.29. The Hall–Kier alpha value is -1.51. The predicted octanol–water partition coefficient (Wildman–Crippen LogP) is 5.80. The van der Waals surface area contributed by atoms with Crippen LogP contribution in [-0.4, -0.2) is 11.9 Å². The molecule has 0 aliphatic carbocycles. The number of carbonyl (C=O) groups is 1. The molecule has 1 amide bonds. The van der Waals surface area contributed by atoms with Gasteiger partial charge in [-0.25, -0.2) is 0 Å². The van der Waals surface area contributed by atoms with E-state index in [1.807, 2.05) is 31.2 Å². The molecule has 1 atom stereocenters. The van der Waals surface area contributed by atoms with E-state index in [9.17, 15) is 4.79 Å². The molecule has 1 unspecified atom stereocenters. The summed E-state index contributed by atoms with van der Waals surface area (Å²) in [5.41, 5.74) is 2.11. The molecule has 0 spiro atoms. The van der Waals surface area contributed by atoms with Crippen LogP contribution in [-0.2, 0) is 16.6 Å². The molecule has 134 valence electrons. The minimum atomic E-state index is 0.00000298. The Morgan fingerprint density at radius 3 is 2.24 bits per heavy atom. The quantitative estimate of drug-likeness (QED) is 0.648. The van der Waals surface area contributed by atoms with Crippen molar-refractivity contribution in [3.63, 3.8) is 0 Å². The maximum absolute atomic E-state index is 12.3. The van der Waals surface area contributed by atoms with Gasteiger partial charge >= 0.3 is 0 Å². The second-order valence-corrected chi connectivity index (χ2v) is 7.94. The molecule has 0 saturated heterocycles. The van der Waals surface area contributed by atoms with Gasteiger partial charge in [-0.15, -0.1) is 0 Å². The molecular formula is C21H25Cl2NO. The van der Waals surface area contributed by atoms with Crippen LogP contribution >= 0.6 is 23.2 Å². The van der Waals surface area contributed by atoms with Crippen LogP contribution in [0, 0.1) is 0 Å². The van der Waals surface area contributed by atoms with E-state index in [2.05, 4.69) is 31.3 Å². The van der Waals surface area contributed by atoms with E-state index in [-0.39, 0.29) is 17.4 Å². The van der Waals surface area contributed by atoms with Gasteiger partial charge in [0.25, 0.3) is 0 Å². The third kappa shape index (κ3) is 5.76. The highest BCUT2D eigenvalue weighted by Gasteiger charge is 2.24. The van der Waals surface area contributed by atoms with Crippen molar-refractivity contribution < 1.29 is 4.79 Å². The van der Waals surface area contributed by atoms with Crippen molar-refractivity contribution in [1.82, 2.24) is 5.32 Å². The highest BCUT2D eigenvalue weighted by molar-refractivity contribution is 6.36. The van der Waals surface area contributed by atoms with Crippen molar-refractivity contribution in [2.24, 2.45) is 0 Å². The molecule has 2 aromatic rings. The van der Waals surface area contributed by atoms with Crippen LogP contribution in [0.25, 0.3) is 0 Å². The maximum atomic E-state index is 12.3. The van der Waals surface area contributed by atoms with Crippen LogP contribution in [0.5, 0.6) is 0 Å². The number of carbonyl (C=O) groups excluding carboxylic acids is 1. The fourth-order valence-electron chi connectivity index (χ4n) is 3.18. The van der Waals surface area contributed by atoms with Crippen LogP contribution < -0.4 is 5.32 Å².